The van der Waals surface area contributed by atoms with Crippen LogP contribution in [0, 0.1) is 0 Å². The van der Waals surface area contributed by atoms with Crippen LogP contribution in [0.4, 0.5) is 0 Å². The zero-order valence-corrected chi connectivity index (χ0v) is 12.8. The monoisotopic (exact) mass is 282 g/mol. The lowest BCUT2D eigenvalue weighted by Gasteiger charge is -2.44. The normalized spacial score (nSPS) is 28.7. The molecule has 2 saturated carbocycles. The SMILES string of the molecule is CCN(CC(=O)O)C1CC(NC2CCCCCCC2)C1. The summed E-state index contributed by atoms with van der Waals surface area (Å²) in [4.78, 5) is 12.9. The Bertz CT molecular complexity index is 295. The van der Waals surface area contributed by atoms with Crippen LogP contribution in [0.1, 0.15) is 64.7 Å². The van der Waals surface area contributed by atoms with Crippen LogP contribution in [0.25, 0.3) is 0 Å². The van der Waals surface area contributed by atoms with Gasteiger partial charge >= 0.3 is 5.97 Å². The molecule has 0 spiro atoms. The first-order valence-corrected chi connectivity index (χ1v) is 8.41. The second-order valence-corrected chi connectivity index (χ2v) is 6.49. The highest BCUT2D eigenvalue weighted by Crippen LogP contribution is 2.27. The highest BCUT2D eigenvalue weighted by Gasteiger charge is 2.34. The van der Waals surface area contributed by atoms with Gasteiger partial charge in [-0.25, -0.2) is 0 Å². The number of nitrogens with one attached hydrogen (secondary N) is 1. The van der Waals surface area contributed by atoms with Crippen LogP contribution in [0.5, 0.6) is 0 Å². The van der Waals surface area contributed by atoms with Crippen molar-refractivity contribution in [2.45, 2.75) is 82.8 Å². The first-order chi connectivity index (χ1) is 9.69. The van der Waals surface area contributed by atoms with Gasteiger partial charge in [0.2, 0.25) is 0 Å². The van der Waals surface area contributed by atoms with Crippen molar-refractivity contribution in [2.24, 2.45) is 0 Å². The Hall–Kier alpha value is -0.610. The predicted molar refractivity (Wildman–Crippen MR) is 80.9 cm³/mol. The summed E-state index contributed by atoms with van der Waals surface area (Å²) in [7, 11) is 0. The van der Waals surface area contributed by atoms with Gasteiger partial charge in [0.25, 0.3) is 0 Å². The molecule has 4 heteroatoms. The molecule has 0 aromatic heterocycles. The van der Waals surface area contributed by atoms with Crippen molar-refractivity contribution in [2.75, 3.05) is 13.1 Å². The Morgan fingerprint density at radius 1 is 1.10 bits per heavy atom. The first kappa shape index (κ1) is 15.8. The summed E-state index contributed by atoms with van der Waals surface area (Å²) in [5.41, 5.74) is 0. The lowest BCUT2D eigenvalue weighted by Crippen LogP contribution is -2.55. The Labute approximate surface area is 122 Å². The Kier molecular flexibility index (Phi) is 6.30. The fraction of sp³-hybridized carbons (Fsp3) is 0.938. The molecule has 116 valence electrons. The van der Waals surface area contributed by atoms with E-state index >= 15 is 0 Å². The molecule has 0 aromatic carbocycles. The predicted octanol–water partition coefficient (Wildman–Crippen LogP) is 2.63. The van der Waals surface area contributed by atoms with Crippen LogP contribution in [0.3, 0.4) is 0 Å². The number of carboxylic acids is 1. The van der Waals surface area contributed by atoms with Crippen molar-refractivity contribution in [3.05, 3.63) is 0 Å². The molecule has 2 N–H and O–H groups in total. The van der Waals surface area contributed by atoms with E-state index in [2.05, 4.69) is 17.1 Å². The molecule has 2 rings (SSSR count). The third-order valence-corrected chi connectivity index (χ3v) is 4.95. The van der Waals surface area contributed by atoms with Gasteiger partial charge in [0.1, 0.15) is 0 Å². The average molecular weight is 282 g/mol. The third kappa shape index (κ3) is 4.74. The molecule has 2 aliphatic rings. The lowest BCUT2D eigenvalue weighted by molar-refractivity contribution is -0.139. The molecule has 0 atom stereocenters. The van der Waals surface area contributed by atoms with E-state index in [9.17, 15) is 4.79 Å². The molecule has 0 radical (unpaired) electrons. The van der Waals surface area contributed by atoms with E-state index in [1.807, 2.05) is 0 Å². The van der Waals surface area contributed by atoms with Gasteiger partial charge in [0.15, 0.2) is 0 Å². The van der Waals surface area contributed by atoms with Crippen LogP contribution in [-0.2, 0) is 4.79 Å². The number of carboxylic acid groups (broad SMARTS) is 1. The van der Waals surface area contributed by atoms with E-state index in [4.69, 9.17) is 5.11 Å². The molecule has 0 saturated heterocycles. The molecule has 4 nitrogen and oxygen atoms in total. The van der Waals surface area contributed by atoms with Crippen molar-refractivity contribution in [3.8, 4) is 0 Å². The fourth-order valence-corrected chi connectivity index (χ4v) is 3.65. The van der Waals surface area contributed by atoms with E-state index in [0.29, 0.717) is 18.1 Å². The average Bonchev–Trinajstić information content (AvgIpc) is 2.32. The summed E-state index contributed by atoms with van der Waals surface area (Å²) in [6, 6.07) is 1.80. The zero-order valence-electron chi connectivity index (χ0n) is 12.8. The minimum Gasteiger partial charge on any atom is -0.480 e. The Balaban J connectivity index is 1.68. The van der Waals surface area contributed by atoms with E-state index in [1.165, 1.54) is 44.9 Å². The number of hydrogen-bond donors (Lipinski definition) is 2. The standard InChI is InChI=1S/C16H30N2O2/c1-2-18(12-16(19)20)15-10-14(11-15)17-13-8-6-4-3-5-7-9-13/h13-15,17H,2-12H2,1H3,(H,19,20). The van der Waals surface area contributed by atoms with E-state index in [1.54, 1.807) is 0 Å². The summed E-state index contributed by atoms with van der Waals surface area (Å²) in [6.07, 6.45) is 11.8. The molecule has 2 aliphatic carbocycles. The van der Waals surface area contributed by atoms with E-state index in [0.717, 1.165) is 19.4 Å². The third-order valence-electron chi connectivity index (χ3n) is 4.95. The smallest absolute Gasteiger partial charge is 0.317 e. The highest BCUT2D eigenvalue weighted by atomic mass is 16.4. The van der Waals surface area contributed by atoms with Gasteiger partial charge in [-0.2, -0.15) is 0 Å². The Morgan fingerprint density at radius 2 is 1.70 bits per heavy atom. The topological polar surface area (TPSA) is 52.6 Å². The maximum absolute atomic E-state index is 10.8. The molecule has 20 heavy (non-hydrogen) atoms. The summed E-state index contributed by atoms with van der Waals surface area (Å²) in [6.45, 7) is 3.09. The van der Waals surface area contributed by atoms with E-state index in [-0.39, 0.29) is 6.54 Å². The largest absolute Gasteiger partial charge is 0.480 e. The summed E-state index contributed by atoms with van der Waals surface area (Å²) >= 11 is 0. The zero-order chi connectivity index (χ0) is 14.4. The maximum atomic E-state index is 10.8. The minimum absolute atomic E-state index is 0.192. The second kappa shape index (κ2) is 7.99. The molecular formula is C16H30N2O2. The van der Waals surface area contributed by atoms with Gasteiger partial charge in [-0.1, -0.05) is 39.0 Å². The van der Waals surface area contributed by atoms with Crippen LogP contribution in [0.2, 0.25) is 0 Å². The molecule has 0 unspecified atom stereocenters. The molecule has 2 fully saturated rings. The number of hydrogen-bond acceptors (Lipinski definition) is 3. The molecule has 0 bridgehead atoms. The van der Waals surface area contributed by atoms with E-state index < -0.39 is 5.97 Å². The van der Waals surface area contributed by atoms with Crippen molar-refractivity contribution in [1.29, 1.82) is 0 Å². The van der Waals surface area contributed by atoms with Crippen molar-refractivity contribution < 1.29 is 9.90 Å². The van der Waals surface area contributed by atoms with Gasteiger partial charge < -0.3 is 10.4 Å². The number of likely N-dealkylation sites (N-methyl/N-ethyl adjacent to an activating group) is 1. The summed E-state index contributed by atoms with van der Waals surface area (Å²) in [5.74, 6) is -0.705. The fourth-order valence-electron chi connectivity index (χ4n) is 3.65. The van der Waals surface area contributed by atoms with Crippen LogP contribution >= 0.6 is 0 Å². The van der Waals surface area contributed by atoms with Gasteiger partial charge in [-0.15, -0.1) is 0 Å². The summed E-state index contributed by atoms with van der Waals surface area (Å²) in [5, 5.41) is 12.7. The van der Waals surface area contributed by atoms with Gasteiger partial charge in [0, 0.05) is 18.1 Å². The molecule has 0 aromatic rings. The quantitative estimate of drug-likeness (QED) is 0.786. The number of aliphatic carboxylic acids is 1. The molecule has 0 amide bonds. The number of nitrogens with zero attached hydrogens (tertiary/aromatic N) is 1. The molecule has 0 aliphatic heterocycles. The van der Waals surface area contributed by atoms with Crippen molar-refractivity contribution in [1.82, 2.24) is 10.2 Å². The first-order valence-electron chi connectivity index (χ1n) is 8.41. The van der Waals surface area contributed by atoms with Crippen LogP contribution in [0.15, 0.2) is 0 Å². The summed E-state index contributed by atoms with van der Waals surface area (Å²) < 4.78 is 0. The van der Waals surface area contributed by atoms with Crippen molar-refractivity contribution >= 4 is 5.97 Å². The van der Waals surface area contributed by atoms with Gasteiger partial charge in [-0.05, 0) is 32.2 Å². The molecular weight excluding hydrogens is 252 g/mol. The molecule has 0 heterocycles. The number of rotatable bonds is 6. The van der Waals surface area contributed by atoms with Gasteiger partial charge in [0.05, 0.1) is 6.54 Å². The van der Waals surface area contributed by atoms with Crippen LogP contribution in [-0.4, -0.2) is 47.2 Å². The lowest BCUT2D eigenvalue weighted by atomic mass is 9.84. The van der Waals surface area contributed by atoms with Crippen molar-refractivity contribution in [3.63, 3.8) is 0 Å². The number of carbonyl (C=O) groups is 1. The van der Waals surface area contributed by atoms with Crippen LogP contribution < -0.4 is 5.32 Å². The second-order valence-electron chi connectivity index (χ2n) is 6.49. The maximum Gasteiger partial charge on any atom is 0.317 e. The highest BCUT2D eigenvalue weighted by molar-refractivity contribution is 5.69. The Morgan fingerprint density at radius 3 is 2.25 bits per heavy atom. The minimum atomic E-state index is -0.705. The van der Waals surface area contributed by atoms with Gasteiger partial charge in [-0.3, -0.25) is 9.69 Å².